The molecule has 3 rings (SSSR count). The van der Waals surface area contributed by atoms with Gasteiger partial charge in [0, 0.05) is 4.47 Å². The summed E-state index contributed by atoms with van der Waals surface area (Å²) in [7, 11) is 1.58. The van der Waals surface area contributed by atoms with Gasteiger partial charge in [-0.15, -0.1) is 5.10 Å². The van der Waals surface area contributed by atoms with Gasteiger partial charge in [0.15, 0.2) is 0 Å². The fourth-order valence-electron chi connectivity index (χ4n) is 2.06. The molecule has 1 N–H and O–H groups in total. The van der Waals surface area contributed by atoms with Crippen LogP contribution in [-0.4, -0.2) is 39.0 Å². The molecule has 0 fully saturated rings. The van der Waals surface area contributed by atoms with Gasteiger partial charge in [-0.3, -0.25) is 4.79 Å². The Balaban J connectivity index is 1.64. The van der Waals surface area contributed by atoms with Crippen molar-refractivity contribution in [2.45, 2.75) is 5.16 Å². The molecule has 0 saturated heterocycles. The Bertz CT molecular complexity index is 919. The zero-order valence-corrected chi connectivity index (χ0v) is 15.9. The van der Waals surface area contributed by atoms with Crippen molar-refractivity contribution in [3.05, 3.63) is 52.8 Å². The quantitative estimate of drug-likeness (QED) is 0.595. The highest BCUT2D eigenvalue weighted by Gasteiger charge is 2.13. The summed E-state index contributed by atoms with van der Waals surface area (Å²) < 4.78 is 21.0. The molecule has 7 nitrogen and oxygen atoms in total. The van der Waals surface area contributed by atoms with Crippen molar-refractivity contribution in [2.75, 3.05) is 18.2 Å². The van der Waals surface area contributed by atoms with Crippen LogP contribution in [0.2, 0.25) is 0 Å². The number of carbonyl (C=O) groups excluding carboxylic acids is 1. The maximum atomic E-state index is 13.8. The van der Waals surface area contributed by atoms with Crippen molar-refractivity contribution < 1.29 is 13.9 Å². The topological polar surface area (TPSA) is 81.9 Å². The van der Waals surface area contributed by atoms with Gasteiger partial charge in [0.25, 0.3) is 0 Å². The molecule has 2 aromatic carbocycles. The maximum absolute atomic E-state index is 13.8. The first-order valence-electron chi connectivity index (χ1n) is 7.37. The predicted octanol–water partition coefficient (Wildman–Crippen LogP) is 3.30. The number of nitrogens with zero attached hydrogens (tertiary/aromatic N) is 4. The van der Waals surface area contributed by atoms with Gasteiger partial charge >= 0.3 is 0 Å². The Morgan fingerprint density at radius 2 is 2.08 bits per heavy atom. The van der Waals surface area contributed by atoms with Crippen LogP contribution in [0.15, 0.2) is 52.1 Å². The van der Waals surface area contributed by atoms with Gasteiger partial charge in [-0.2, -0.15) is 4.68 Å². The SMILES string of the molecule is COc1ccc(-n2nnnc2SCC(=O)Nc2ccc(Br)cc2F)cc1. The fraction of sp³-hybridized carbons (Fsp3) is 0.125. The van der Waals surface area contributed by atoms with E-state index < -0.39 is 5.82 Å². The molecule has 0 saturated carbocycles. The smallest absolute Gasteiger partial charge is 0.234 e. The van der Waals surface area contributed by atoms with Gasteiger partial charge in [-0.05, 0) is 52.9 Å². The average molecular weight is 438 g/mol. The standard InChI is InChI=1S/C16H13BrFN5O2S/c1-25-12-5-3-11(4-6-12)23-16(20-21-22-23)26-9-15(24)19-14-7-2-10(17)8-13(14)18/h2-8H,9H2,1H3,(H,19,24). The molecule has 0 aliphatic carbocycles. The number of amides is 1. The minimum Gasteiger partial charge on any atom is -0.497 e. The minimum absolute atomic E-state index is 0.0338. The number of rotatable bonds is 6. The summed E-state index contributed by atoms with van der Waals surface area (Å²) in [6.45, 7) is 0. The lowest BCUT2D eigenvalue weighted by atomic mass is 10.3. The zero-order valence-electron chi connectivity index (χ0n) is 13.5. The predicted molar refractivity (Wildman–Crippen MR) is 99.2 cm³/mol. The van der Waals surface area contributed by atoms with Crippen LogP contribution in [-0.2, 0) is 4.79 Å². The number of anilines is 1. The third-order valence-electron chi connectivity index (χ3n) is 3.30. The Morgan fingerprint density at radius 1 is 1.31 bits per heavy atom. The van der Waals surface area contributed by atoms with E-state index in [0.29, 0.717) is 15.4 Å². The van der Waals surface area contributed by atoms with Crippen LogP contribution in [0, 0.1) is 5.82 Å². The Labute approximate surface area is 161 Å². The molecule has 0 atom stereocenters. The minimum atomic E-state index is -0.513. The number of benzene rings is 2. The van der Waals surface area contributed by atoms with E-state index in [1.165, 1.54) is 16.8 Å². The van der Waals surface area contributed by atoms with Crippen molar-refractivity contribution in [2.24, 2.45) is 0 Å². The van der Waals surface area contributed by atoms with E-state index in [9.17, 15) is 9.18 Å². The third kappa shape index (κ3) is 4.38. The van der Waals surface area contributed by atoms with Gasteiger partial charge in [-0.1, -0.05) is 27.7 Å². The molecule has 0 radical (unpaired) electrons. The fourth-order valence-corrected chi connectivity index (χ4v) is 3.09. The number of thioether (sulfide) groups is 1. The summed E-state index contributed by atoms with van der Waals surface area (Å²) in [4.78, 5) is 12.1. The second-order valence-corrected chi connectivity index (χ2v) is 6.89. The molecule has 1 amide bonds. The summed E-state index contributed by atoms with van der Waals surface area (Å²) >= 11 is 4.32. The largest absolute Gasteiger partial charge is 0.497 e. The number of halogens is 2. The van der Waals surface area contributed by atoms with Crippen LogP contribution in [0.1, 0.15) is 0 Å². The van der Waals surface area contributed by atoms with E-state index in [1.54, 1.807) is 37.4 Å². The third-order valence-corrected chi connectivity index (χ3v) is 4.71. The van der Waals surface area contributed by atoms with E-state index in [0.717, 1.165) is 17.4 Å². The highest BCUT2D eigenvalue weighted by Crippen LogP contribution is 2.22. The zero-order chi connectivity index (χ0) is 18.5. The van der Waals surface area contributed by atoms with Crippen LogP contribution >= 0.6 is 27.7 Å². The molecule has 26 heavy (non-hydrogen) atoms. The monoisotopic (exact) mass is 437 g/mol. The first-order chi connectivity index (χ1) is 12.6. The van der Waals surface area contributed by atoms with Gasteiger partial charge in [0.05, 0.1) is 24.2 Å². The summed E-state index contributed by atoms with van der Waals surface area (Å²) in [5.41, 5.74) is 0.853. The van der Waals surface area contributed by atoms with Crippen LogP contribution in [0.3, 0.4) is 0 Å². The van der Waals surface area contributed by atoms with E-state index >= 15 is 0 Å². The lowest BCUT2D eigenvalue weighted by Crippen LogP contribution is -2.15. The van der Waals surface area contributed by atoms with Crippen molar-refractivity contribution in [1.82, 2.24) is 20.2 Å². The number of hydrogen-bond donors (Lipinski definition) is 1. The van der Waals surface area contributed by atoms with Crippen molar-refractivity contribution in [3.8, 4) is 11.4 Å². The number of carbonyl (C=O) groups is 1. The average Bonchev–Trinajstić information content (AvgIpc) is 3.11. The van der Waals surface area contributed by atoms with Gasteiger partial charge in [0.1, 0.15) is 11.6 Å². The molecular weight excluding hydrogens is 425 g/mol. The number of tetrazole rings is 1. The molecule has 1 aromatic heterocycles. The lowest BCUT2D eigenvalue weighted by molar-refractivity contribution is -0.113. The van der Waals surface area contributed by atoms with Crippen molar-refractivity contribution >= 4 is 39.3 Å². The molecule has 0 bridgehead atoms. The van der Waals surface area contributed by atoms with E-state index in [4.69, 9.17) is 4.74 Å². The van der Waals surface area contributed by atoms with Crippen molar-refractivity contribution in [3.63, 3.8) is 0 Å². The molecular formula is C16H13BrFN5O2S. The first kappa shape index (κ1) is 18.3. The Hall–Kier alpha value is -2.46. The molecule has 0 spiro atoms. The highest BCUT2D eigenvalue weighted by molar-refractivity contribution is 9.10. The lowest BCUT2D eigenvalue weighted by Gasteiger charge is -2.07. The molecule has 0 aliphatic heterocycles. The normalized spacial score (nSPS) is 10.6. The summed E-state index contributed by atoms with van der Waals surface area (Å²) in [6.07, 6.45) is 0. The van der Waals surface area contributed by atoms with Crippen LogP contribution < -0.4 is 10.1 Å². The van der Waals surface area contributed by atoms with Crippen LogP contribution in [0.5, 0.6) is 5.75 Å². The molecule has 3 aromatic rings. The molecule has 134 valence electrons. The number of nitrogens with one attached hydrogen (secondary N) is 1. The number of aromatic nitrogens is 4. The molecule has 1 heterocycles. The number of hydrogen-bond acceptors (Lipinski definition) is 6. The first-order valence-corrected chi connectivity index (χ1v) is 9.15. The molecule has 10 heteroatoms. The van der Waals surface area contributed by atoms with Crippen LogP contribution in [0.4, 0.5) is 10.1 Å². The second-order valence-electron chi connectivity index (χ2n) is 5.03. The summed E-state index contributed by atoms with van der Waals surface area (Å²) in [6, 6.07) is 11.6. The van der Waals surface area contributed by atoms with E-state index in [-0.39, 0.29) is 17.3 Å². The Kier molecular flexibility index (Phi) is 5.84. The van der Waals surface area contributed by atoms with Gasteiger partial charge < -0.3 is 10.1 Å². The van der Waals surface area contributed by atoms with Gasteiger partial charge in [-0.25, -0.2) is 4.39 Å². The Morgan fingerprint density at radius 3 is 2.77 bits per heavy atom. The summed E-state index contributed by atoms with van der Waals surface area (Å²) in [5, 5.41) is 14.5. The van der Waals surface area contributed by atoms with Crippen molar-refractivity contribution in [1.29, 1.82) is 0 Å². The number of methoxy groups -OCH3 is 1. The van der Waals surface area contributed by atoms with E-state index in [2.05, 4.69) is 36.8 Å². The second kappa shape index (κ2) is 8.28. The molecule has 0 unspecified atom stereocenters. The molecule has 0 aliphatic rings. The van der Waals surface area contributed by atoms with Crippen LogP contribution in [0.25, 0.3) is 5.69 Å². The van der Waals surface area contributed by atoms with Gasteiger partial charge in [0.2, 0.25) is 11.1 Å². The summed E-state index contributed by atoms with van der Waals surface area (Å²) in [5.74, 6) is -0.125. The highest BCUT2D eigenvalue weighted by atomic mass is 79.9. The number of ether oxygens (including phenoxy) is 1. The van der Waals surface area contributed by atoms with E-state index in [1.807, 2.05) is 0 Å². The maximum Gasteiger partial charge on any atom is 0.234 e.